The Hall–Kier alpha value is -0.330. The molecule has 3 atom stereocenters. The predicted molar refractivity (Wildman–Crippen MR) is 69.5 cm³/mol. The summed E-state index contributed by atoms with van der Waals surface area (Å²) in [6.45, 7) is 0. The Morgan fingerprint density at radius 3 is 2.53 bits per heavy atom. The van der Waals surface area contributed by atoms with E-state index in [0.29, 0.717) is 5.92 Å². The minimum Gasteiger partial charge on any atom is -0.469 e. The maximum absolute atomic E-state index is 11.7. The van der Waals surface area contributed by atoms with Crippen molar-refractivity contribution in [2.45, 2.75) is 42.1 Å². The van der Waals surface area contributed by atoms with Crippen molar-refractivity contribution in [2.24, 2.45) is 11.8 Å². The fourth-order valence-electron chi connectivity index (χ4n) is 2.88. The van der Waals surface area contributed by atoms with Gasteiger partial charge in [0, 0.05) is 5.92 Å². The van der Waals surface area contributed by atoms with E-state index in [2.05, 4.69) is 27.3 Å². The number of alkyl halides is 1. The summed E-state index contributed by atoms with van der Waals surface area (Å²) in [5.41, 5.74) is 0. The molecule has 2 fully saturated rings. The molecular weight excluding hydrogens is 335 g/mol. The first-order valence-electron chi connectivity index (χ1n) is 6.01. The number of halogens is 1. The van der Waals surface area contributed by atoms with Gasteiger partial charge in [-0.1, -0.05) is 0 Å². The minimum absolute atomic E-state index is 0.107. The summed E-state index contributed by atoms with van der Waals surface area (Å²) < 4.78 is 9.75. The van der Waals surface area contributed by atoms with E-state index in [1.54, 1.807) is 0 Å². The largest absolute Gasteiger partial charge is 0.469 e. The molecule has 2 aliphatic rings. The molecule has 2 saturated carbocycles. The zero-order valence-corrected chi connectivity index (χ0v) is 12.1. The molecule has 0 aliphatic heterocycles. The lowest BCUT2D eigenvalue weighted by Crippen LogP contribution is -2.34. The van der Waals surface area contributed by atoms with Gasteiger partial charge >= 0.3 is 11.9 Å². The lowest BCUT2D eigenvalue weighted by atomic mass is 9.97. The topological polar surface area (TPSA) is 52.6 Å². The van der Waals surface area contributed by atoms with Crippen molar-refractivity contribution in [2.75, 3.05) is 7.11 Å². The molecule has 2 rings (SSSR count). The van der Waals surface area contributed by atoms with E-state index in [0.717, 1.165) is 18.8 Å². The van der Waals surface area contributed by atoms with Crippen molar-refractivity contribution in [1.29, 1.82) is 0 Å². The lowest BCUT2D eigenvalue weighted by molar-refractivity contribution is -0.156. The average molecular weight is 352 g/mol. The van der Waals surface area contributed by atoms with Gasteiger partial charge in [0.15, 0.2) is 3.61 Å². The van der Waals surface area contributed by atoms with Crippen molar-refractivity contribution in [1.82, 2.24) is 0 Å². The third-order valence-corrected chi connectivity index (χ3v) is 5.30. The van der Waals surface area contributed by atoms with Gasteiger partial charge in [-0.05, 0) is 54.2 Å². The van der Waals surface area contributed by atoms with Crippen LogP contribution in [0.3, 0.4) is 0 Å². The Kier molecular flexibility index (Phi) is 3.95. The molecule has 0 N–H and O–H groups in total. The molecule has 0 aromatic rings. The van der Waals surface area contributed by atoms with Crippen molar-refractivity contribution in [3.8, 4) is 0 Å². The number of carbonyl (C=O) groups excluding carboxylic acids is 2. The second kappa shape index (κ2) is 5.12. The molecule has 17 heavy (non-hydrogen) atoms. The average Bonchev–Trinajstić information content (AvgIpc) is 2.85. The third-order valence-electron chi connectivity index (χ3n) is 3.76. The number of esters is 2. The van der Waals surface area contributed by atoms with Crippen LogP contribution in [0.4, 0.5) is 0 Å². The first-order valence-corrected chi connectivity index (χ1v) is 7.09. The second-order valence-corrected chi connectivity index (χ2v) is 6.74. The van der Waals surface area contributed by atoms with Crippen LogP contribution in [0.15, 0.2) is 0 Å². The molecule has 0 heterocycles. The molecule has 0 amide bonds. The normalized spacial score (nSPS) is 34.7. The van der Waals surface area contributed by atoms with Gasteiger partial charge in [-0.3, -0.25) is 9.59 Å². The van der Waals surface area contributed by atoms with Gasteiger partial charge in [-0.25, -0.2) is 0 Å². The van der Waals surface area contributed by atoms with Gasteiger partial charge in [0.05, 0.1) is 20.0 Å². The lowest BCUT2D eigenvalue weighted by Gasteiger charge is -2.31. The third kappa shape index (κ3) is 2.92. The highest BCUT2D eigenvalue weighted by molar-refractivity contribution is 14.1. The SMILES string of the molecule is COC(=O)CCC(=O)OC1(I)CC2CCC1C2. The minimum atomic E-state index is -0.364. The second-order valence-electron chi connectivity index (χ2n) is 4.92. The highest BCUT2D eigenvalue weighted by Gasteiger charge is 2.52. The fourth-order valence-corrected chi connectivity index (χ4v) is 4.32. The first kappa shape index (κ1) is 13.1. The monoisotopic (exact) mass is 352 g/mol. The van der Waals surface area contributed by atoms with Crippen LogP contribution in [0.1, 0.15) is 38.5 Å². The number of carbonyl (C=O) groups is 2. The van der Waals surface area contributed by atoms with E-state index < -0.39 is 0 Å². The molecule has 5 heteroatoms. The molecule has 0 spiro atoms. The zero-order valence-electron chi connectivity index (χ0n) is 9.91. The van der Waals surface area contributed by atoms with E-state index in [1.807, 2.05) is 0 Å². The van der Waals surface area contributed by atoms with Crippen LogP contribution >= 0.6 is 22.6 Å². The Balaban J connectivity index is 1.80. The van der Waals surface area contributed by atoms with Crippen LogP contribution in [-0.4, -0.2) is 22.7 Å². The van der Waals surface area contributed by atoms with Gasteiger partial charge in [0.1, 0.15) is 0 Å². The van der Waals surface area contributed by atoms with Crippen molar-refractivity contribution >= 4 is 34.5 Å². The summed E-state index contributed by atoms with van der Waals surface area (Å²) >= 11 is 2.28. The van der Waals surface area contributed by atoms with Gasteiger partial charge in [-0.15, -0.1) is 0 Å². The van der Waals surface area contributed by atoms with Crippen molar-refractivity contribution < 1.29 is 19.1 Å². The Bertz CT molecular complexity index is 330. The Morgan fingerprint density at radius 1 is 1.29 bits per heavy atom. The summed E-state index contributed by atoms with van der Waals surface area (Å²) in [6, 6.07) is 0. The van der Waals surface area contributed by atoms with Crippen LogP contribution in [0, 0.1) is 11.8 Å². The quantitative estimate of drug-likeness (QED) is 0.443. The summed E-state index contributed by atoms with van der Waals surface area (Å²) in [5, 5.41) is 0. The molecule has 96 valence electrons. The highest BCUT2D eigenvalue weighted by Crippen LogP contribution is 2.55. The van der Waals surface area contributed by atoms with Crippen LogP contribution in [0.5, 0.6) is 0 Å². The van der Waals surface area contributed by atoms with E-state index in [-0.39, 0.29) is 28.4 Å². The molecule has 0 aromatic heterocycles. The molecule has 4 nitrogen and oxygen atoms in total. The summed E-state index contributed by atoms with van der Waals surface area (Å²) in [6.07, 6.45) is 4.83. The van der Waals surface area contributed by atoms with Crippen LogP contribution in [-0.2, 0) is 19.1 Å². The molecule has 0 aromatic carbocycles. The predicted octanol–water partition coefficient (Wildman–Crippen LogP) is 2.43. The van der Waals surface area contributed by atoms with Crippen molar-refractivity contribution in [3.05, 3.63) is 0 Å². The van der Waals surface area contributed by atoms with E-state index in [4.69, 9.17) is 4.74 Å². The van der Waals surface area contributed by atoms with Crippen LogP contribution < -0.4 is 0 Å². The molecule has 2 aliphatic carbocycles. The van der Waals surface area contributed by atoms with E-state index in [1.165, 1.54) is 20.0 Å². The standard InChI is InChI=1S/C12H17IO4/c1-16-10(14)4-5-11(15)17-12(13)7-8-2-3-9(12)6-8/h8-9H,2-7H2,1H3. The number of hydrogen-bond acceptors (Lipinski definition) is 4. The van der Waals surface area contributed by atoms with Gasteiger partial charge in [0.25, 0.3) is 0 Å². The van der Waals surface area contributed by atoms with Crippen molar-refractivity contribution in [3.63, 3.8) is 0 Å². The number of hydrogen-bond donors (Lipinski definition) is 0. The zero-order chi connectivity index (χ0) is 12.5. The summed E-state index contributed by atoms with van der Waals surface area (Å²) in [7, 11) is 1.32. The number of rotatable bonds is 4. The Labute approximate surface area is 115 Å². The van der Waals surface area contributed by atoms with E-state index >= 15 is 0 Å². The molecule has 0 saturated heterocycles. The van der Waals surface area contributed by atoms with Gasteiger partial charge in [-0.2, -0.15) is 0 Å². The van der Waals surface area contributed by atoms with Crippen LogP contribution in [0.2, 0.25) is 0 Å². The number of fused-ring (bicyclic) bond motifs is 2. The van der Waals surface area contributed by atoms with Crippen LogP contribution in [0.25, 0.3) is 0 Å². The molecule has 2 bridgehead atoms. The number of methoxy groups -OCH3 is 1. The smallest absolute Gasteiger partial charge is 0.307 e. The summed E-state index contributed by atoms with van der Waals surface area (Å²) in [4.78, 5) is 22.6. The summed E-state index contributed by atoms with van der Waals surface area (Å²) in [5.74, 6) is 0.593. The van der Waals surface area contributed by atoms with E-state index in [9.17, 15) is 9.59 Å². The maximum atomic E-state index is 11.7. The number of ether oxygens (including phenoxy) is 2. The molecular formula is C12H17IO4. The Morgan fingerprint density at radius 2 is 2.00 bits per heavy atom. The molecule has 3 unspecified atom stereocenters. The highest BCUT2D eigenvalue weighted by atomic mass is 127. The first-order chi connectivity index (χ1) is 8.03. The van der Waals surface area contributed by atoms with Gasteiger partial charge in [0.2, 0.25) is 0 Å². The van der Waals surface area contributed by atoms with Gasteiger partial charge < -0.3 is 9.47 Å². The molecule has 0 radical (unpaired) electrons. The maximum Gasteiger partial charge on any atom is 0.307 e. The fraction of sp³-hybridized carbons (Fsp3) is 0.833.